The monoisotopic (exact) mass is 215 g/mol. The maximum absolute atomic E-state index is 5.44. The van der Waals surface area contributed by atoms with Gasteiger partial charge in [0.1, 0.15) is 0 Å². The predicted octanol–water partition coefficient (Wildman–Crippen LogP) is 3.22. The lowest BCUT2D eigenvalue weighted by atomic mass is 9.93. The van der Waals surface area contributed by atoms with Gasteiger partial charge in [-0.1, -0.05) is 27.2 Å². The summed E-state index contributed by atoms with van der Waals surface area (Å²) < 4.78 is 5.44. The molecular formula is C13H29NO. The van der Waals surface area contributed by atoms with E-state index in [9.17, 15) is 0 Å². The smallest absolute Gasteiger partial charge is 0.0622 e. The van der Waals surface area contributed by atoms with Crippen molar-refractivity contribution in [3.8, 4) is 0 Å². The predicted molar refractivity (Wildman–Crippen MR) is 67.2 cm³/mol. The number of ether oxygens (including phenoxy) is 1. The Kier molecular flexibility index (Phi) is 7.20. The summed E-state index contributed by atoms with van der Waals surface area (Å²) in [7, 11) is 1.80. The highest BCUT2D eigenvalue weighted by Gasteiger charge is 2.18. The van der Waals surface area contributed by atoms with Crippen LogP contribution in [0.2, 0.25) is 0 Å². The van der Waals surface area contributed by atoms with Gasteiger partial charge in [0.2, 0.25) is 0 Å². The van der Waals surface area contributed by atoms with E-state index < -0.39 is 0 Å². The molecule has 0 bridgehead atoms. The average Bonchev–Trinajstić information content (AvgIpc) is 2.18. The van der Waals surface area contributed by atoms with E-state index in [1.54, 1.807) is 7.11 Å². The third kappa shape index (κ3) is 7.80. The lowest BCUT2D eigenvalue weighted by molar-refractivity contribution is 0.0102. The highest BCUT2D eigenvalue weighted by Crippen LogP contribution is 2.20. The van der Waals surface area contributed by atoms with Crippen LogP contribution in [0.5, 0.6) is 0 Å². The molecule has 2 nitrogen and oxygen atoms in total. The van der Waals surface area contributed by atoms with Crippen molar-refractivity contribution in [1.82, 2.24) is 5.32 Å². The van der Waals surface area contributed by atoms with Crippen molar-refractivity contribution in [2.45, 2.75) is 65.5 Å². The number of methoxy groups -OCH3 is 1. The normalized spacial score (nSPS) is 14.6. The van der Waals surface area contributed by atoms with Crippen LogP contribution in [-0.2, 0) is 4.74 Å². The van der Waals surface area contributed by atoms with Gasteiger partial charge in [0, 0.05) is 13.2 Å². The highest BCUT2D eigenvalue weighted by molar-refractivity contribution is 4.72. The zero-order chi connectivity index (χ0) is 11.9. The van der Waals surface area contributed by atoms with Crippen molar-refractivity contribution in [2.24, 2.45) is 5.92 Å². The molecule has 0 spiro atoms. The van der Waals surface area contributed by atoms with E-state index in [1.807, 2.05) is 0 Å². The lowest BCUT2D eigenvalue weighted by Gasteiger charge is -2.26. The number of nitrogens with one attached hydrogen (secondary N) is 1. The van der Waals surface area contributed by atoms with Crippen molar-refractivity contribution >= 4 is 0 Å². The van der Waals surface area contributed by atoms with E-state index >= 15 is 0 Å². The highest BCUT2D eigenvalue weighted by atomic mass is 16.5. The molecule has 0 aliphatic carbocycles. The molecule has 15 heavy (non-hydrogen) atoms. The van der Waals surface area contributed by atoms with Gasteiger partial charge in [0.15, 0.2) is 0 Å². The van der Waals surface area contributed by atoms with E-state index in [2.05, 4.69) is 39.9 Å². The van der Waals surface area contributed by atoms with Gasteiger partial charge in [-0.25, -0.2) is 0 Å². The standard InChI is InChI=1S/C13H29NO/c1-7-12(10-14-11(2)3)8-9-13(4,5)15-6/h11-12,14H,7-10H2,1-6H3. The summed E-state index contributed by atoms with van der Waals surface area (Å²) in [6, 6.07) is 0.592. The van der Waals surface area contributed by atoms with Gasteiger partial charge in [-0.05, 0) is 39.2 Å². The fourth-order valence-corrected chi connectivity index (χ4v) is 1.51. The van der Waals surface area contributed by atoms with Gasteiger partial charge in [0.25, 0.3) is 0 Å². The van der Waals surface area contributed by atoms with Gasteiger partial charge >= 0.3 is 0 Å². The maximum Gasteiger partial charge on any atom is 0.0622 e. The fraction of sp³-hybridized carbons (Fsp3) is 1.00. The molecule has 0 amide bonds. The molecular weight excluding hydrogens is 186 g/mol. The molecule has 0 aliphatic heterocycles. The van der Waals surface area contributed by atoms with Gasteiger partial charge in [-0.2, -0.15) is 0 Å². The van der Waals surface area contributed by atoms with Gasteiger partial charge in [-0.15, -0.1) is 0 Å². The molecule has 0 heterocycles. The van der Waals surface area contributed by atoms with Crippen LogP contribution < -0.4 is 5.32 Å². The fourth-order valence-electron chi connectivity index (χ4n) is 1.51. The molecule has 1 atom stereocenters. The van der Waals surface area contributed by atoms with Crippen molar-refractivity contribution < 1.29 is 4.74 Å². The summed E-state index contributed by atoms with van der Waals surface area (Å²) in [5, 5.41) is 3.51. The Morgan fingerprint density at radius 3 is 2.27 bits per heavy atom. The second kappa shape index (κ2) is 7.24. The number of rotatable bonds is 8. The first-order valence-electron chi connectivity index (χ1n) is 6.19. The molecule has 92 valence electrons. The summed E-state index contributed by atoms with van der Waals surface area (Å²) in [5.74, 6) is 0.779. The zero-order valence-corrected chi connectivity index (χ0v) is 11.4. The van der Waals surface area contributed by atoms with Crippen LogP contribution in [-0.4, -0.2) is 25.3 Å². The second-order valence-electron chi connectivity index (χ2n) is 5.34. The Bertz CT molecular complexity index is 155. The molecule has 0 saturated carbocycles. The molecule has 2 heteroatoms. The van der Waals surface area contributed by atoms with E-state index in [0.29, 0.717) is 6.04 Å². The SMILES string of the molecule is CCC(CCC(C)(C)OC)CNC(C)C. The lowest BCUT2D eigenvalue weighted by Crippen LogP contribution is -2.30. The summed E-state index contributed by atoms with van der Waals surface area (Å²) in [6.07, 6.45) is 3.64. The topological polar surface area (TPSA) is 21.3 Å². The first kappa shape index (κ1) is 14.9. The maximum atomic E-state index is 5.44. The first-order chi connectivity index (χ1) is 6.91. The molecule has 0 saturated heterocycles. The van der Waals surface area contributed by atoms with Crippen LogP contribution in [0, 0.1) is 5.92 Å². The molecule has 1 N–H and O–H groups in total. The van der Waals surface area contributed by atoms with Gasteiger partial charge in [0.05, 0.1) is 5.60 Å². The van der Waals surface area contributed by atoms with Gasteiger partial charge in [-0.3, -0.25) is 0 Å². The molecule has 0 aromatic rings. The van der Waals surface area contributed by atoms with Crippen LogP contribution in [0.15, 0.2) is 0 Å². The summed E-state index contributed by atoms with van der Waals surface area (Å²) in [4.78, 5) is 0. The summed E-state index contributed by atoms with van der Waals surface area (Å²) in [6.45, 7) is 12.1. The number of hydrogen-bond acceptors (Lipinski definition) is 2. The molecule has 0 radical (unpaired) electrons. The minimum Gasteiger partial charge on any atom is -0.379 e. The third-order valence-electron chi connectivity index (χ3n) is 3.10. The van der Waals surface area contributed by atoms with E-state index in [0.717, 1.165) is 18.9 Å². The minimum absolute atomic E-state index is 0.0330. The third-order valence-corrected chi connectivity index (χ3v) is 3.10. The summed E-state index contributed by atoms with van der Waals surface area (Å²) in [5.41, 5.74) is 0.0330. The van der Waals surface area contributed by atoms with Crippen LogP contribution in [0.1, 0.15) is 53.9 Å². The minimum atomic E-state index is 0.0330. The molecule has 0 aromatic heterocycles. The molecule has 0 aromatic carbocycles. The first-order valence-corrected chi connectivity index (χ1v) is 6.19. The zero-order valence-electron chi connectivity index (χ0n) is 11.4. The van der Waals surface area contributed by atoms with Gasteiger partial charge < -0.3 is 10.1 Å². The van der Waals surface area contributed by atoms with E-state index in [-0.39, 0.29) is 5.60 Å². The van der Waals surface area contributed by atoms with Crippen molar-refractivity contribution in [3.05, 3.63) is 0 Å². The molecule has 0 aliphatic rings. The Morgan fingerprint density at radius 2 is 1.87 bits per heavy atom. The van der Waals surface area contributed by atoms with Crippen LogP contribution >= 0.6 is 0 Å². The van der Waals surface area contributed by atoms with Crippen LogP contribution in [0.3, 0.4) is 0 Å². The molecule has 0 fully saturated rings. The molecule has 0 rings (SSSR count). The van der Waals surface area contributed by atoms with Crippen LogP contribution in [0.4, 0.5) is 0 Å². The Morgan fingerprint density at radius 1 is 1.27 bits per heavy atom. The molecule has 1 unspecified atom stereocenters. The van der Waals surface area contributed by atoms with E-state index in [4.69, 9.17) is 4.74 Å². The van der Waals surface area contributed by atoms with Crippen molar-refractivity contribution in [1.29, 1.82) is 0 Å². The largest absolute Gasteiger partial charge is 0.379 e. The quantitative estimate of drug-likeness (QED) is 0.671. The summed E-state index contributed by atoms with van der Waals surface area (Å²) >= 11 is 0. The van der Waals surface area contributed by atoms with Crippen LogP contribution in [0.25, 0.3) is 0 Å². The van der Waals surface area contributed by atoms with E-state index in [1.165, 1.54) is 12.8 Å². The van der Waals surface area contributed by atoms with Crippen molar-refractivity contribution in [3.63, 3.8) is 0 Å². The number of hydrogen-bond donors (Lipinski definition) is 1. The average molecular weight is 215 g/mol. The van der Waals surface area contributed by atoms with Crippen molar-refractivity contribution in [2.75, 3.05) is 13.7 Å². The second-order valence-corrected chi connectivity index (χ2v) is 5.34. The Labute approximate surface area is 95.8 Å². The Hall–Kier alpha value is -0.0800. The Balaban J connectivity index is 3.79.